The molecule has 0 spiro atoms. The van der Waals surface area contributed by atoms with Crippen molar-refractivity contribution in [2.75, 3.05) is 18.8 Å². The fourth-order valence-corrected chi connectivity index (χ4v) is 4.59. The number of likely N-dealkylation sites (tertiary alicyclic amines) is 1. The lowest BCUT2D eigenvalue weighted by atomic mass is 9.97. The van der Waals surface area contributed by atoms with Crippen molar-refractivity contribution in [2.45, 2.75) is 51.8 Å². The van der Waals surface area contributed by atoms with Crippen molar-refractivity contribution in [3.63, 3.8) is 0 Å². The van der Waals surface area contributed by atoms with Gasteiger partial charge < -0.3 is 13.9 Å². The van der Waals surface area contributed by atoms with Crippen LogP contribution in [0.4, 0.5) is 0 Å². The molecule has 3 rings (SSSR count). The van der Waals surface area contributed by atoms with Crippen LogP contribution in [0.2, 0.25) is 0 Å². The summed E-state index contributed by atoms with van der Waals surface area (Å²) in [6, 6.07) is 1.95. The molecule has 1 aliphatic rings. The highest BCUT2D eigenvalue weighted by atomic mass is 32.2. The molecule has 1 aliphatic heterocycles. The van der Waals surface area contributed by atoms with E-state index in [1.54, 1.807) is 6.20 Å². The van der Waals surface area contributed by atoms with Crippen LogP contribution in [0.1, 0.15) is 54.5 Å². The second-order valence-corrected chi connectivity index (χ2v) is 8.22. The van der Waals surface area contributed by atoms with Gasteiger partial charge in [0.25, 0.3) is 5.91 Å². The van der Waals surface area contributed by atoms with Crippen molar-refractivity contribution in [3.05, 3.63) is 41.9 Å². The predicted molar refractivity (Wildman–Crippen MR) is 105 cm³/mol. The van der Waals surface area contributed by atoms with Crippen LogP contribution in [0, 0.1) is 12.8 Å². The number of carbonyl (C=O) groups is 1. The van der Waals surface area contributed by atoms with E-state index in [1.165, 1.54) is 12.8 Å². The van der Waals surface area contributed by atoms with E-state index in [9.17, 15) is 4.79 Å². The summed E-state index contributed by atoms with van der Waals surface area (Å²) < 4.78 is 7.91. The number of aryl methyl sites for hydroxylation is 1. The van der Waals surface area contributed by atoms with E-state index in [-0.39, 0.29) is 5.91 Å². The Bertz CT molecular complexity index is 696. The Morgan fingerprint density at radius 2 is 2.35 bits per heavy atom. The number of amides is 1. The van der Waals surface area contributed by atoms with E-state index in [2.05, 4.69) is 16.5 Å². The van der Waals surface area contributed by atoms with Gasteiger partial charge in [0.05, 0.1) is 6.33 Å². The van der Waals surface area contributed by atoms with Crippen molar-refractivity contribution < 1.29 is 9.21 Å². The quantitative estimate of drug-likeness (QED) is 0.643. The molecule has 2 aromatic heterocycles. The highest BCUT2D eigenvalue weighted by molar-refractivity contribution is 7.98. The first-order chi connectivity index (χ1) is 12.7. The molecule has 0 aromatic carbocycles. The van der Waals surface area contributed by atoms with E-state index < -0.39 is 0 Å². The van der Waals surface area contributed by atoms with Crippen LogP contribution in [-0.2, 0) is 12.3 Å². The monoisotopic (exact) mass is 375 g/mol. The van der Waals surface area contributed by atoms with E-state index in [0.29, 0.717) is 11.7 Å². The molecule has 26 heavy (non-hydrogen) atoms. The molecule has 1 atom stereocenters. The molecule has 142 valence electrons. The molecule has 6 heteroatoms. The largest absolute Gasteiger partial charge is 0.456 e. The summed E-state index contributed by atoms with van der Waals surface area (Å²) in [6.07, 6.45) is 10.3. The summed E-state index contributed by atoms with van der Waals surface area (Å²) in [7, 11) is 0. The molecular weight excluding hydrogens is 346 g/mol. The fourth-order valence-electron chi connectivity index (χ4n) is 3.44. The van der Waals surface area contributed by atoms with Crippen molar-refractivity contribution in [3.8, 4) is 0 Å². The second-order valence-electron chi connectivity index (χ2n) is 7.12. The summed E-state index contributed by atoms with van der Waals surface area (Å²) in [5.74, 6) is 3.97. The number of hydrogen-bond acceptors (Lipinski definition) is 4. The molecule has 0 unspecified atom stereocenters. The van der Waals surface area contributed by atoms with Crippen LogP contribution < -0.4 is 0 Å². The maximum atomic E-state index is 12.9. The van der Waals surface area contributed by atoms with Crippen molar-refractivity contribution >= 4 is 17.7 Å². The van der Waals surface area contributed by atoms with Gasteiger partial charge >= 0.3 is 0 Å². The van der Waals surface area contributed by atoms with Gasteiger partial charge in [-0.15, -0.1) is 0 Å². The highest BCUT2D eigenvalue weighted by Crippen LogP contribution is 2.24. The molecule has 2 aromatic rings. The standard InChI is InChI=1S/C20H29N3O2S/c1-3-4-10-26-14-18-11-19(25-16(18)2)20(24)23-8-5-6-17(13-23)12-22-9-7-21-15-22/h7,9,11,15,17H,3-6,8,10,12-14H2,1-2H3/t17-/m1/s1. The number of furan rings is 1. The topological polar surface area (TPSA) is 51.3 Å². The first-order valence-corrected chi connectivity index (χ1v) is 10.7. The van der Waals surface area contributed by atoms with Crippen molar-refractivity contribution in [1.29, 1.82) is 0 Å². The summed E-state index contributed by atoms with van der Waals surface area (Å²) in [4.78, 5) is 19.0. The Morgan fingerprint density at radius 1 is 1.46 bits per heavy atom. The van der Waals surface area contributed by atoms with Gasteiger partial charge in [0, 0.05) is 43.3 Å². The van der Waals surface area contributed by atoms with Crippen LogP contribution in [0.15, 0.2) is 29.2 Å². The van der Waals surface area contributed by atoms with Gasteiger partial charge in [0.1, 0.15) is 5.76 Å². The molecule has 0 aliphatic carbocycles. The molecule has 0 bridgehead atoms. The van der Waals surface area contributed by atoms with Gasteiger partial charge in [-0.1, -0.05) is 13.3 Å². The minimum atomic E-state index is 0.0354. The van der Waals surface area contributed by atoms with Crippen LogP contribution in [0.5, 0.6) is 0 Å². The van der Waals surface area contributed by atoms with E-state index in [4.69, 9.17) is 4.42 Å². The Morgan fingerprint density at radius 3 is 3.12 bits per heavy atom. The zero-order valence-corrected chi connectivity index (χ0v) is 16.6. The number of piperidine rings is 1. The Kier molecular flexibility index (Phi) is 6.83. The van der Waals surface area contributed by atoms with Gasteiger partial charge in [-0.05, 0) is 43.9 Å². The normalized spacial score (nSPS) is 17.6. The zero-order chi connectivity index (χ0) is 18.4. The third-order valence-electron chi connectivity index (χ3n) is 4.97. The smallest absolute Gasteiger partial charge is 0.289 e. The Hall–Kier alpha value is -1.69. The number of hydrogen-bond donors (Lipinski definition) is 0. The molecule has 0 radical (unpaired) electrons. The minimum absolute atomic E-state index is 0.0354. The van der Waals surface area contributed by atoms with Crippen LogP contribution in [0.3, 0.4) is 0 Å². The maximum Gasteiger partial charge on any atom is 0.289 e. The van der Waals surface area contributed by atoms with Crippen LogP contribution in [0.25, 0.3) is 0 Å². The summed E-state index contributed by atoms with van der Waals surface area (Å²) in [5.41, 5.74) is 1.15. The maximum absolute atomic E-state index is 12.9. The number of imidazole rings is 1. The zero-order valence-electron chi connectivity index (χ0n) is 15.8. The third kappa shape index (κ3) is 4.93. The van der Waals surface area contributed by atoms with Crippen molar-refractivity contribution in [2.24, 2.45) is 5.92 Å². The lowest BCUT2D eigenvalue weighted by molar-refractivity contribution is 0.0629. The van der Waals surface area contributed by atoms with Gasteiger partial charge in [0.15, 0.2) is 5.76 Å². The lowest BCUT2D eigenvalue weighted by Crippen LogP contribution is -2.40. The first kappa shape index (κ1) is 19.1. The number of thioether (sulfide) groups is 1. The summed E-state index contributed by atoms with van der Waals surface area (Å²) in [5, 5.41) is 0. The summed E-state index contributed by atoms with van der Waals surface area (Å²) in [6.45, 7) is 6.70. The fraction of sp³-hybridized carbons (Fsp3) is 0.600. The first-order valence-electron chi connectivity index (χ1n) is 9.59. The van der Waals surface area contributed by atoms with Crippen LogP contribution in [-0.4, -0.2) is 39.2 Å². The van der Waals surface area contributed by atoms with Gasteiger partial charge in [0.2, 0.25) is 0 Å². The number of unbranched alkanes of at least 4 members (excludes halogenated alkanes) is 1. The van der Waals surface area contributed by atoms with Crippen LogP contribution >= 0.6 is 11.8 Å². The Balaban J connectivity index is 1.57. The average Bonchev–Trinajstić information content (AvgIpc) is 3.28. The average molecular weight is 376 g/mol. The van der Waals surface area contributed by atoms with Crippen molar-refractivity contribution in [1.82, 2.24) is 14.5 Å². The lowest BCUT2D eigenvalue weighted by Gasteiger charge is -2.32. The Labute approximate surface area is 160 Å². The molecule has 1 amide bonds. The third-order valence-corrected chi connectivity index (χ3v) is 6.06. The molecule has 1 saturated heterocycles. The van der Waals surface area contributed by atoms with Gasteiger partial charge in [-0.25, -0.2) is 4.98 Å². The SMILES string of the molecule is CCCCSCc1cc(C(=O)N2CCC[C@H](Cn3ccnc3)C2)oc1C. The van der Waals surface area contributed by atoms with Gasteiger partial charge in [-0.3, -0.25) is 4.79 Å². The molecular formula is C20H29N3O2S. The van der Waals surface area contributed by atoms with E-state index in [0.717, 1.165) is 55.3 Å². The number of rotatable bonds is 8. The molecule has 0 N–H and O–H groups in total. The number of carbonyl (C=O) groups excluding carboxylic acids is 1. The highest BCUT2D eigenvalue weighted by Gasteiger charge is 2.27. The second kappa shape index (κ2) is 9.31. The van der Waals surface area contributed by atoms with Gasteiger partial charge in [-0.2, -0.15) is 11.8 Å². The molecule has 5 nitrogen and oxygen atoms in total. The van der Waals surface area contributed by atoms with E-state index >= 15 is 0 Å². The molecule has 0 saturated carbocycles. The predicted octanol–water partition coefficient (Wildman–Crippen LogP) is 4.37. The molecule has 1 fully saturated rings. The summed E-state index contributed by atoms with van der Waals surface area (Å²) >= 11 is 1.91. The number of aromatic nitrogens is 2. The minimum Gasteiger partial charge on any atom is -0.456 e. The molecule has 3 heterocycles. The number of nitrogens with zero attached hydrogens (tertiary/aromatic N) is 3. The van der Waals surface area contributed by atoms with E-state index in [1.807, 2.05) is 42.2 Å².